The number of aromatic nitrogens is 2. The molecule has 0 spiro atoms. The van der Waals surface area contributed by atoms with Crippen LogP contribution in [0.25, 0.3) is 22.3 Å². The van der Waals surface area contributed by atoms with Crippen molar-refractivity contribution in [1.82, 2.24) is 14.9 Å². The highest BCUT2D eigenvalue weighted by molar-refractivity contribution is 7.17. The lowest BCUT2D eigenvalue weighted by Gasteiger charge is -2.38. The molecule has 14 heteroatoms. The lowest BCUT2D eigenvalue weighted by atomic mass is 9.29. The van der Waals surface area contributed by atoms with Crippen LogP contribution in [0.1, 0.15) is 120 Å². The smallest absolute Gasteiger partial charge is 0.226 e. The maximum absolute atomic E-state index is 17.3. The maximum Gasteiger partial charge on any atom is 0.226 e. The molecule has 0 bridgehead atoms. The molecule has 7 nitrogen and oxygen atoms in total. The van der Waals surface area contributed by atoms with Crippen molar-refractivity contribution in [1.29, 1.82) is 5.26 Å². The number of nitrogen functional groups attached to an aromatic ring is 1. The summed E-state index contributed by atoms with van der Waals surface area (Å²) >= 11 is 1.01. The number of rotatable bonds is 14. The number of hydrogen-bond acceptors (Lipinski definition) is 8. The number of nitriles is 1. The van der Waals surface area contributed by atoms with E-state index in [9.17, 15) is 5.26 Å². The fraction of sp³-hybridized carbons (Fsp3) is 0.548. The van der Waals surface area contributed by atoms with Gasteiger partial charge in [0.1, 0.15) is 22.4 Å². The predicted octanol–water partition coefficient (Wildman–Crippen LogP) is 9.09. The molecule has 1 saturated heterocycles. The van der Waals surface area contributed by atoms with Gasteiger partial charge >= 0.3 is 0 Å². The van der Waals surface area contributed by atoms with E-state index in [0.29, 0.717) is 52.0 Å². The minimum Gasteiger partial charge on any atom is -0.389 e. The number of ether oxygens (including phenoxy) is 1. The molecule has 8 radical (unpaired) electrons. The molecule has 290 valence electrons. The lowest BCUT2D eigenvalue weighted by molar-refractivity contribution is 0.134. The first-order valence-corrected chi connectivity index (χ1v) is 20.5. The molecule has 3 aromatic rings. The van der Waals surface area contributed by atoms with E-state index in [1.54, 1.807) is 20.0 Å². The highest BCUT2D eigenvalue weighted by Gasteiger charge is 2.37. The zero-order chi connectivity index (χ0) is 41.7. The van der Waals surface area contributed by atoms with Gasteiger partial charge in [-0.2, -0.15) is 5.26 Å². The molecule has 1 fully saturated rings. The molecule has 2 aromatic heterocycles. The van der Waals surface area contributed by atoms with Crippen LogP contribution in [0.4, 0.5) is 19.7 Å². The lowest BCUT2D eigenvalue weighted by Crippen LogP contribution is -2.45. The monoisotopic (exact) mass is 772 g/mol. The Morgan fingerprint density at radius 3 is 2.45 bits per heavy atom. The highest BCUT2D eigenvalue weighted by Crippen LogP contribution is 2.48. The summed E-state index contributed by atoms with van der Waals surface area (Å²) in [7, 11) is 21.3. The summed E-state index contributed by atoms with van der Waals surface area (Å²) in [6.07, 6.45) is 9.49. The molecular formula is C42H54B4F2N6OS. The third-order valence-electron chi connectivity index (χ3n) is 11.6. The quantitative estimate of drug-likeness (QED) is 0.129. The van der Waals surface area contributed by atoms with Gasteiger partial charge in [-0.15, -0.1) is 23.0 Å². The summed E-state index contributed by atoms with van der Waals surface area (Å²) in [5.74, 6) is 0.174. The molecule has 0 saturated carbocycles. The number of halogens is 2. The molecular weight excluding hydrogens is 718 g/mol. The minimum atomic E-state index is -1.39. The fourth-order valence-corrected chi connectivity index (χ4v) is 8.31. The third kappa shape index (κ3) is 9.16. The summed E-state index contributed by atoms with van der Waals surface area (Å²) < 4.78 is 38.5. The van der Waals surface area contributed by atoms with Gasteiger partial charge in [-0.3, -0.25) is 4.90 Å². The summed E-state index contributed by atoms with van der Waals surface area (Å²) in [5, 5.41) is 8.67. The third-order valence-corrected chi connectivity index (χ3v) is 12.6. The van der Waals surface area contributed by atoms with Gasteiger partial charge in [0.2, 0.25) is 5.95 Å². The van der Waals surface area contributed by atoms with Gasteiger partial charge < -0.3 is 15.4 Å². The van der Waals surface area contributed by atoms with Gasteiger partial charge in [0.15, 0.2) is 5.82 Å². The van der Waals surface area contributed by atoms with Crippen LogP contribution in [0.15, 0.2) is 30.5 Å². The number of benzene rings is 1. The largest absolute Gasteiger partial charge is 0.389 e. The zero-order valence-electron chi connectivity index (χ0n) is 34.4. The number of nitrogens with two attached hydrogens (primary N) is 1. The Balaban J connectivity index is 0.000000689. The predicted molar refractivity (Wildman–Crippen MR) is 234 cm³/mol. The van der Waals surface area contributed by atoms with Crippen LogP contribution in [-0.4, -0.2) is 78.0 Å². The summed E-state index contributed by atoms with van der Waals surface area (Å²) in [4.78, 5) is 14.8. The molecule has 2 N–H and O–H groups in total. The van der Waals surface area contributed by atoms with Crippen LogP contribution in [0, 0.1) is 23.1 Å². The minimum absolute atomic E-state index is 0.155. The second-order valence-electron chi connectivity index (χ2n) is 15.4. The zero-order valence-corrected chi connectivity index (χ0v) is 35.3. The highest BCUT2D eigenvalue weighted by atomic mass is 32.1. The van der Waals surface area contributed by atoms with Crippen molar-refractivity contribution < 1.29 is 13.5 Å². The Labute approximate surface area is 342 Å². The van der Waals surface area contributed by atoms with E-state index in [0.717, 1.165) is 54.9 Å². The number of allylic oxidation sites excluding steroid dienone is 3. The molecule has 0 amide bonds. The molecule has 4 unspecified atom stereocenters. The van der Waals surface area contributed by atoms with Crippen LogP contribution in [0.3, 0.4) is 0 Å². The Morgan fingerprint density at radius 1 is 1.21 bits per heavy atom. The number of nitrogens with zero attached hydrogens (tertiary/aromatic N) is 5. The van der Waals surface area contributed by atoms with Gasteiger partial charge in [-0.25, -0.2) is 18.7 Å². The Kier molecular flexibility index (Phi) is 15.3. The molecule has 4 atom stereocenters. The van der Waals surface area contributed by atoms with E-state index in [2.05, 4.69) is 50.1 Å². The van der Waals surface area contributed by atoms with Crippen molar-refractivity contribution in [2.45, 2.75) is 123 Å². The van der Waals surface area contributed by atoms with Crippen molar-refractivity contribution in [3.05, 3.63) is 69.0 Å². The summed E-state index contributed by atoms with van der Waals surface area (Å²) in [6.45, 7) is 22.9. The van der Waals surface area contributed by atoms with Gasteiger partial charge in [0.05, 0.1) is 55.0 Å². The molecule has 4 heterocycles. The van der Waals surface area contributed by atoms with Crippen molar-refractivity contribution in [3.8, 4) is 6.07 Å². The van der Waals surface area contributed by atoms with E-state index < -0.39 is 22.1 Å². The van der Waals surface area contributed by atoms with Crippen molar-refractivity contribution in [2.75, 3.05) is 30.3 Å². The second-order valence-corrected chi connectivity index (χ2v) is 16.5. The van der Waals surface area contributed by atoms with Crippen molar-refractivity contribution in [3.63, 3.8) is 0 Å². The van der Waals surface area contributed by atoms with E-state index in [1.807, 2.05) is 13.8 Å². The first-order valence-electron chi connectivity index (χ1n) is 19.6. The molecule has 1 aromatic carbocycles. The Hall–Kier alpha value is -3.39. The van der Waals surface area contributed by atoms with Gasteiger partial charge in [0, 0.05) is 41.3 Å². The van der Waals surface area contributed by atoms with Crippen LogP contribution in [0.2, 0.25) is 10.4 Å². The van der Waals surface area contributed by atoms with Crippen LogP contribution >= 0.6 is 11.3 Å². The fourth-order valence-electron chi connectivity index (χ4n) is 7.32. The Bertz CT molecular complexity index is 2000. The summed E-state index contributed by atoms with van der Waals surface area (Å²) in [6, 6.07) is 2.70. The van der Waals surface area contributed by atoms with Gasteiger partial charge in [-0.1, -0.05) is 64.1 Å². The average molecular weight is 772 g/mol. The average Bonchev–Trinajstić information content (AvgIpc) is 3.90. The topological polar surface area (TPSA) is 91.3 Å². The molecule has 56 heavy (non-hydrogen) atoms. The number of hydrogen-bond donors (Lipinski definition) is 1. The van der Waals surface area contributed by atoms with Crippen LogP contribution < -0.4 is 10.6 Å². The van der Waals surface area contributed by atoms with Gasteiger partial charge in [0.25, 0.3) is 0 Å². The summed E-state index contributed by atoms with van der Waals surface area (Å²) in [5.41, 5.74) is 10.1. The SMILES string of the molecule is C/C=C(/F)c1sc(N)c(C#N)c1/C(=C(\C)CC)c1c2c(c3cnc(N4CCC(N(CCC)CCC(C)CC)C4C)nc3c1F)COC2.[B]C([B])([B])C([B])(C)C=C. The molecule has 0 aliphatic carbocycles. The van der Waals surface area contributed by atoms with E-state index in [4.69, 9.17) is 51.8 Å². The second kappa shape index (κ2) is 18.9. The number of fused-ring (bicyclic) bond motifs is 3. The van der Waals surface area contributed by atoms with E-state index in [-0.39, 0.29) is 40.2 Å². The van der Waals surface area contributed by atoms with Crippen molar-refractivity contribution in [2.24, 2.45) is 5.92 Å². The normalized spacial score (nSPS) is 19.2. The van der Waals surface area contributed by atoms with Crippen LogP contribution in [0.5, 0.6) is 0 Å². The maximum atomic E-state index is 17.3. The van der Waals surface area contributed by atoms with Crippen molar-refractivity contribution >= 4 is 76.0 Å². The van der Waals surface area contributed by atoms with E-state index in [1.165, 1.54) is 25.0 Å². The first kappa shape index (κ1) is 45.3. The molecule has 2 aliphatic rings. The molecule has 2 aliphatic heterocycles. The molecule has 5 rings (SSSR count). The van der Waals surface area contributed by atoms with Gasteiger partial charge in [-0.05, 0) is 82.2 Å². The first-order chi connectivity index (χ1) is 26.4. The Morgan fingerprint density at radius 2 is 1.89 bits per heavy atom. The van der Waals surface area contributed by atoms with E-state index >= 15 is 8.78 Å². The van der Waals surface area contributed by atoms with Crippen LogP contribution in [-0.2, 0) is 18.0 Å². The number of thiophene rings is 1. The standard InChI is InChI=1S/C37H48F2N6OS.C5H6B4/c1-8-14-44(15-12-21(5)9-2)29-13-16-45(23(29)7)37-42-18-25-26-19-46-20-27(26)31(33(39)34(25)43-37)30(22(6)10-3)32-24(17-40)36(41)47-35(32)28(38)11-4;1-3-4(2,6)5(7,8)9/h11,18,21,23,29H,8-10,12-16,19-20,41H2,1-7H3;3H,1H2,2H3/b28-11+,30-22+;. The number of anilines is 2.